The van der Waals surface area contributed by atoms with E-state index in [2.05, 4.69) is 26.5 Å². The molecule has 0 aliphatic carbocycles. The zero-order valence-corrected chi connectivity index (χ0v) is 19.2. The molecule has 0 aliphatic rings. The molecule has 2 aromatic carbocycles. The number of benzene rings is 2. The van der Waals surface area contributed by atoms with Crippen molar-refractivity contribution in [3.05, 3.63) is 87.0 Å². The summed E-state index contributed by atoms with van der Waals surface area (Å²) in [4.78, 5) is 13.4. The van der Waals surface area contributed by atoms with Crippen molar-refractivity contribution in [2.45, 2.75) is 11.3 Å². The number of sulfonamides is 1. The molecule has 1 aromatic heterocycles. The van der Waals surface area contributed by atoms with Crippen molar-refractivity contribution in [1.82, 2.24) is 9.73 Å². The highest BCUT2D eigenvalue weighted by molar-refractivity contribution is 9.10. The third kappa shape index (κ3) is 6.33. The number of hydrazone groups is 1. The SMILES string of the molecule is O=C(CN(CCc1ccccc1)S(=O)(=O)c1ccc(Br)cc1)N/N=C\c1cccs1. The van der Waals surface area contributed by atoms with Crippen LogP contribution in [0.1, 0.15) is 10.4 Å². The van der Waals surface area contributed by atoms with Crippen LogP contribution < -0.4 is 5.43 Å². The van der Waals surface area contributed by atoms with E-state index in [0.717, 1.165) is 14.9 Å². The molecule has 0 atom stereocenters. The minimum absolute atomic E-state index is 0.133. The smallest absolute Gasteiger partial charge is 0.255 e. The Bertz CT molecular complexity index is 1080. The molecule has 0 saturated carbocycles. The molecule has 9 heteroatoms. The van der Waals surface area contributed by atoms with E-state index in [9.17, 15) is 13.2 Å². The van der Waals surface area contributed by atoms with E-state index in [1.54, 1.807) is 12.1 Å². The number of carbonyl (C=O) groups excluding carboxylic acids is 1. The predicted octanol–water partition coefficient (Wildman–Crippen LogP) is 3.89. The zero-order valence-electron chi connectivity index (χ0n) is 15.9. The zero-order chi connectivity index (χ0) is 21.4. The Hall–Kier alpha value is -2.33. The van der Waals surface area contributed by atoms with Crippen LogP contribution in [-0.4, -0.2) is 37.9 Å². The number of amides is 1. The summed E-state index contributed by atoms with van der Waals surface area (Å²) >= 11 is 4.79. The summed E-state index contributed by atoms with van der Waals surface area (Å²) in [6, 6.07) is 19.6. The third-order valence-corrected chi connectivity index (χ3v) is 7.38. The molecule has 1 N–H and O–H groups in total. The molecule has 1 heterocycles. The molecule has 0 bridgehead atoms. The van der Waals surface area contributed by atoms with Gasteiger partial charge >= 0.3 is 0 Å². The summed E-state index contributed by atoms with van der Waals surface area (Å²) in [6.07, 6.45) is 2.02. The number of carbonyl (C=O) groups is 1. The molecular formula is C21H20BrN3O3S2. The molecule has 6 nitrogen and oxygen atoms in total. The van der Waals surface area contributed by atoms with Crippen LogP contribution in [0.15, 0.2) is 86.6 Å². The second-order valence-corrected chi connectivity index (χ2v) is 10.2. The summed E-state index contributed by atoms with van der Waals surface area (Å²) in [6.45, 7) is -0.155. The van der Waals surface area contributed by atoms with Gasteiger partial charge < -0.3 is 0 Å². The maximum absolute atomic E-state index is 13.2. The second-order valence-electron chi connectivity index (χ2n) is 6.34. The fourth-order valence-corrected chi connectivity index (χ4v) is 4.91. The van der Waals surface area contributed by atoms with Crippen LogP contribution in [-0.2, 0) is 21.2 Å². The summed E-state index contributed by atoms with van der Waals surface area (Å²) in [7, 11) is -3.85. The Kier molecular flexibility index (Phi) is 7.92. The van der Waals surface area contributed by atoms with E-state index in [1.807, 2.05) is 47.8 Å². The minimum Gasteiger partial charge on any atom is -0.272 e. The van der Waals surface area contributed by atoms with Crippen LogP contribution in [0.2, 0.25) is 0 Å². The summed E-state index contributed by atoms with van der Waals surface area (Å²) < 4.78 is 28.3. The van der Waals surface area contributed by atoms with Crippen molar-refractivity contribution >= 4 is 49.4 Å². The number of hydrogen-bond acceptors (Lipinski definition) is 5. The van der Waals surface area contributed by atoms with Gasteiger partial charge in [0.2, 0.25) is 10.0 Å². The molecular weight excluding hydrogens is 486 g/mol. The number of nitrogens with one attached hydrogen (secondary N) is 1. The van der Waals surface area contributed by atoms with E-state index < -0.39 is 15.9 Å². The van der Waals surface area contributed by atoms with Gasteiger partial charge in [0.1, 0.15) is 0 Å². The number of rotatable bonds is 9. The first-order valence-corrected chi connectivity index (χ1v) is 12.2. The molecule has 0 spiro atoms. The molecule has 0 radical (unpaired) electrons. The van der Waals surface area contributed by atoms with Gasteiger partial charge in [0, 0.05) is 15.9 Å². The topological polar surface area (TPSA) is 78.8 Å². The molecule has 0 unspecified atom stereocenters. The minimum atomic E-state index is -3.85. The van der Waals surface area contributed by atoms with Crippen LogP contribution in [0.3, 0.4) is 0 Å². The van der Waals surface area contributed by atoms with E-state index in [0.29, 0.717) is 6.42 Å². The fourth-order valence-electron chi connectivity index (χ4n) is 2.67. The lowest BCUT2D eigenvalue weighted by Crippen LogP contribution is -2.40. The fraction of sp³-hybridized carbons (Fsp3) is 0.143. The van der Waals surface area contributed by atoms with Crippen LogP contribution in [0, 0.1) is 0 Å². The van der Waals surface area contributed by atoms with Gasteiger partial charge in [-0.15, -0.1) is 11.3 Å². The van der Waals surface area contributed by atoms with Gasteiger partial charge in [0.05, 0.1) is 17.7 Å². The average molecular weight is 506 g/mol. The molecule has 1 amide bonds. The van der Waals surface area contributed by atoms with Gasteiger partial charge in [-0.2, -0.15) is 9.41 Å². The van der Waals surface area contributed by atoms with Gasteiger partial charge in [-0.25, -0.2) is 13.8 Å². The Morgan fingerprint density at radius 2 is 1.80 bits per heavy atom. The summed E-state index contributed by atoms with van der Waals surface area (Å²) in [5, 5.41) is 5.81. The lowest BCUT2D eigenvalue weighted by Gasteiger charge is -2.21. The molecule has 0 aliphatic heterocycles. The molecule has 0 fully saturated rings. The van der Waals surface area contributed by atoms with Crippen molar-refractivity contribution in [2.24, 2.45) is 5.10 Å². The molecule has 3 rings (SSSR count). The van der Waals surface area contributed by atoms with E-state index in [1.165, 1.54) is 34.0 Å². The largest absolute Gasteiger partial charge is 0.272 e. The third-order valence-electron chi connectivity index (χ3n) is 4.19. The van der Waals surface area contributed by atoms with Gasteiger partial charge in [0.15, 0.2) is 0 Å². The van der Waals surface area contributed by atoms with E-state index in [4.69, 9.17) is 0 Å². The lowest BCUT2D eigenvalue weighted by atomic mass is 10.1. The van der Waals surface area contributed by atoms with Crippen LogP contribution in [0.4, 0.5) is 0 Å². The Labute approximate surface area is 188 Å². The summed E-state index contributed by atoms with van der Waals surface area (Å²) in [5.74, 6) is -0.503. The first-order chi connectivity index (χ1) is 14.4. The highest BCUT2D eigenvalue weighted by Gasteiger charge is 2.26. The van der Waals surface area contributed by atoms with Crippen molar-refractivity contribution in [3.63, 3.8) is 0 Å². The monoisotopic (exact) mass is 505 g/mol. The lowest BCUT2D eigenvalue weighted by molar-refractivity contribution is -0.121. The Morgan fingerprint density at radius 3 is 2.47 bits per heavy atom. The Morgan fingerprint density at radius 1 is 1.07 bits per heavy atom. The number of halogens is 1. The van der Waals surface area contributed by atoms with Gasteiger partial charge in [-0.3, -0.25) is 4.79 Å². The van der Waals surface area contributed by atoms with Crippen molar-refractivity contribution in [2.75, 3.05) is 13.1 Å². The molecule has 30 heavy (non-hydrogen) atoms. The Balaban J connectivity index is 1.74. The standard InChI is InChI=1S/C21H20BrN3O3S2/c22-18-8-10-20(11-9-18)30(27,28)25(13-12-17-5-2-1-3-6-17)16-21(26)24-23-15-19-7-4-14-29-19/h1-11,14-15H,12-13,16H2,(H,24,26)/b23-15-. The van der Waals surface area contributed by atoms with Crippen molar-refractivity contribution in [3.8, 4) is 0 Å². The highest BCUT2D eigenvalue weighted by atomic mass is 79.9. The number of hydrogen-bond donors (Lipinski definition) is 1. The highest BCUT2D eigenvalue weighted by Crippen LogP contribution is 2.19. The average Bonchev–Trinajstić information content (AvgIpc) is 3.25. The van der Waals surface area contributed by atoms with E-state index in [-0.39, 0.29) is 18.0 Å². The van der Waals surface area contributed by atoms with Crippen LogP contribution >= 0.6 is 27.3 Å². The van der Waals surface area contributed by atoms with Crippen LogP contribution in [0.25, 0.3) is 0 Å². The quantitative estimate of drug-likeness (QED) is 0.353. The number of nitrogens with zero attached hydrogens (tertiary/aromatic N) is 2. The van der Waals surface area contributed by atoms with Crippen molar-refractivity contribution < 1.29 is 13.2 Å². The number of thiophene rings is 1. The summed E-state index contributed by atoms with van der Waals surface area (Å²) in [5.41, 5.74) is 3.40. The molecule has 156 valence electrons. The first-order valence-electron chi connectivity index (χ1n) is 9.10. The maximum Gasteiger partial charge on any atom is 0.255 e. The molecule has 3 aromatic rings. The first kappa shape index (κ1) is 22.4. The van der Waals surface area contributed by atoms with E-state index >= 15 is 0 Å². The predicted molar refractivity (Wildman–Crippen MR) is 123 cm³/mol. The van der Waals surface area contributed by atoms with Gasteiger partial charge in [-0.1, -0.05) is 52.3 Å². The van der Waals surface area contributed by atoms with Gasteiger partial charge in [0.25, 0.3) is 5.91 Å². The normalized spacial score (nSPS) is 11.8. The van der Waals surface area contributed by atoms with Crippen molar-refractivity contribution in [1.29, 1.82) is 0 Å². The second kappa shape index (κ2) is 10.6. The van der Waals surface area contributed by atoms with Crippen LogP contribution in [0.5, 0.6) is 0 Å². The van der Waals surface area contributed by atoms with Gasteiger partial charge in [-0.05, 0) is 47.7 Å². The molecule has 0 saturated heterocycles. The maximum atomic E-state index is 13.2.